The summed E-state index contributed by atoms with van der Waals surface area (Å²) < 4.78 is 5.81. The van der Waals surface area contributed by atoms with E-state index in [1.54, 1.807) is 0 Å². The summed E-state index contributed by atoms with van der Waals surface area (Å²) in [5.74, 6) is 0.515. The van der Waals surface area contributed by atoms with Crippen molar-refractivity contribution in [1.29, 1.82) is 10.5 Å². The van der Waals surface area contributed by atoms with E-state index in [9.17, 15) is 10.5 Å². The lowest BCUT2D eigenvalue weighted by Gasteiger charge is -2.17. The summed E-state index contributed by atoms with van der Waals surface area (Å²) in [6.45, 7) is 4.89. The SMILES string of the molecule is CCCCCc1cccc(-c2ccccc2)c1CCc1ccc(OCCCC)c(C#N)c1C#N. The number of nitrogens with zero attached hydrogens (tertiary/aromatic N) is 2. The summed E-state index contributed by atoms with van der Waals surface area (Å²) in [7, 11) is 0. The molecule has 0 aliphatic rings. The quantitative estimate of drug-likeness (QED) is 0.265. The van der Waals surface area contributed by atoms with Crippen LogP contribution in [0, 0.1) is 22.7 Å². The third-order valence-corrected chi connectivity index (χ3v) is 6.28. The Kier molecular flexibility index (Phi) is 9.75. The summed E-state index contributed by atoms with van der Waals surface area (Å²) >= 11 is 0. The maximum atomic E-state index is 9.90. The second-order valence-electron chi connectivity index (χ2n) is 8.66. The molecular formula is C31H34N2O. The average Bonchev–Trinajstić information content (AvgIpc) is 2.88. The summed E-state index contributed by atoms with van der Waals surface area (Å²) in [4.78, 5) is 0. The van der Waals surface area contributed by atoms with Crippen LogP contribution in [-0.2, 0) is 19.3 Å². The zero-order chi connectivity index (χ0) is 24.2. The highest BCUT2D eigenvalue weighted by molar-refractivity contribution is 5.69. The van der Waals surface area contributed by atoms with E-state index in [2.05, 4.69) is 68.5 Å². The Morgan fingerprint density at radius 1 is 0.676 bits per heavy atom. The van der Waals surface area contributed by atoms with Crippen LogP contribution < -0.4 is 4.74 Å². The number of hydrogen-bond acceptors (Lipinski definition) is 3. The largest absolute Gasteiger partial charge is 0.492 e. The standard InChI is InChI=1S/C31H34N2O/c1-3-5-8-12-25-15-11-16-27(24-13-9-7-10-14-24)28(25)19-17-26-18-20-31(34-21-6-4-2)30(23-33)29(26)22-32/h7,9-11,13-16,18,20H,3-6,8,12,17,19,21H2,1-2H3. The number of hydrogen-bond donors (Lipinski definition) is 0. The molecule has 3 aromatic carbocycles. The average molecular weight is 451 g/mol. The third-order valence-electron chi connectivity index (χ3n) is 6.28. The van der Waals surface area contributed by atoms with Crippen molar-refractivity contribution in [2.75, 3.05) is 6.61 Å². The molecule has 0 amide bonds. The zero-order valence-electron chi connectivity index (χ0n) is 20.4. The van der Waals surface area contributed by atoms with Crippen molar-refractivity contribution < 1.29 is 4.74 Å². The molecule has 0 saturated heterocycles. The molecule has 0 heterocycles. The first-order valence-electron chi connectivity index (χ1n) is 12.5. The van der Waals surface area contributed by atoms with Crippen molar-refractivity contribution in [3.05, 3.63) is 88.5 Å². The van der Waals surface area contributed by atoms with Gasteiger partial charge in [0.25, 0.3) is 0 Å². The van der Waals surface area contributed by atoms with Crippen LogP contribution in [-0.4, -0.2) is 6.61 Å². The maximum absolute atomic E-state index is 9.90. The van der Waals surface area contributed by atoms with Crippen molar-refractivity contribution in [3.8, 4) is 29.0 Å². The molecule has 0 radical (unpaired) electrons. The lowest BCUT2D eigenvalue weighted by atomic mass is 9.88. The van der Waals surface area contributed by atoms with E-state index in [1.807, 2.05) is 18.2 Å². The van der Waals surface area contributed by atoms with Crippen molar-refractivity contribution in [2.24, 2.45) is 0 Å². The fraction of sp³-hybridized carbons (Fsp3) is 0.355. The van der Waals surface area contributed by atoms with Crippen molar-refractivity contribution >= 4 is 0 Å². The van der Waals surface area contributed by atoms with E-state index in [1.165, 1.54) is 41.5 Å². The first kappa shape index (κ1) is 25.1. The summed E-state index contributed by atoms with van der Waals surface area (Å²) in [5, 5.41) is 19.7. The van der Waals surface area contributed by atoms with E-state index in [0.717, 1.165) is 31.2 Å². The lowest BCUT2D eigenvalue weighted by Crippen LogP contribution is -2.05. The number of unbranched alkanes of at least 4 members (excludes halogenated alkanes) is 3. The fourth-order valence-electron chi connectivity index (χ4n) is 4.40. The molecule has 0 saturated carbocycles. The molecule has 0 unspecified atom stereocenters. The molecule has 0 N–H and O–H groups in total. The minimum Gasteiger partial charge on any atom is -0.492 e. The Hall–Kier alpha value is -3.56. The summed E-state index contributed by atoms with van der Waals surface area (Å²) in [5.41, 5.74) is 6.91. The Labute approximate surface area is 204 Å². The molecule has 0 bridgehead atoms. The van der Waals surface area contributed by atoms with E-state index >= 15 is 0 Å². The molecule has 3 aromatic rings. The van der Waals surface area contributed by atoms with E-state index in [-0.39, 0.29) is 0 Å². The predicted molar refractivity (Wildman–Crippen MR) is 139 cm³/mol. The smallest absolute Gasteiger partial charge is 0.138 e. The highest BCUT2D eigenvalue weighted by atomic mass is 16.5. The zero-order valence-corrected chi connectivity index (χ0v) is 20.4. The molecule has 3 nitrogen and oxygen atoms in total. The van der Waals surface area contributed by atoms with Gasteiger partial charge in [0.05, 0.1) is 12.2 Å². The second-order valence-corrected chi connectivity index (χ2v) is 8.66. The van der Waals surface area contributed by atoms with Crippen LogP contribution in [0.25, 0.3) is 11.1 Å². The molecule has 0 aromatic heterocycles. The number of rotatable bonds is 12. The van der Waals surface area contributed by atoms with Gasteiger partial charge in [0, 0.05) is 0 Å². The molecular weight excluding hydrogens is 416 g/mol. The molecule has 3 heteroatoms. The molecule has 0 aliphatic carbocycles. The minimum absolute atomic E-state index is 0.357. The van der Waals surface area contributed by atoms with E-state index < -0.39 is 0 Å². The first-order chi connectivity index (χ1) is 16.7. The van der Waals surface area contributed by atoms with Gasteiger partial charge >= 0.3 is 0 Å². The molecule has 0 spiro atoms. The van der Waals surface area contributed by atoms with Crippen LogP contribution in [0.4, 0.5) is 0 Å². The Balaban J connectivity index is 1.93. The van der Waals surface area contributed by atoms with Crippen LogP contribution in [0.2, 0.25) is 0 Å². The number of aryl methyl sites for hydroxylation is 2. The fourth-order valence-corrected chi connectivity index (χ4v) is 4.40. The highest BCUT2D eigenvalue weighted by Gasteiger charge is 2.16. The topological polar surface area (TPSA) is 56.8 Å². The number of ether oxygens (including phenoxy) is 1. The molecule has 3 rings (SSSR count). The van der Waals surface area contributed by atoms with Crippen LogP contribution in [0.1, 0.15) is 73.8 Å². The molecule has 174 valence electrons. The van der Waals surface area contributed by atoms with Gasteiger partial charge in [0.15, 0.2) is 0 Å². The van der Waals surface area contributed by atoms with Gasteiger partial charge in [-0.2, -0.15) is 10.5 Å². The highest BCUT2D eigenvalue weighted by Crippen LogP contribution is 2.31. The van der Waals surface area contributed by atoms with Crippen LogP contribution in [0.5, 0.6) is 5.75 Å². The molecule has 0 aliphatic heterocycles. The normalized spacial score (nSPS) is 10.5. The van der Waals surface area contributed by atoms with Crippen LogP contribution in [0.15, 0.2) is 60.7 Å². The van der Waals surface area contributed by atoms with E-state index in [0.29, 0.717) is 29.9 Å². The number of nitriles is 2. The molecule has 0 atom stereocenters. The Morgan fingerprint density at radius 2 is 1.44 bits per heavy atom. The van der Waals surface area contributed by atoms with Crippen LogP contribution in [0.3, 0.4) is 0 Å². The monoisotopic (exact) mass is 450 g/mol. The van der Waals surface area contributed by atoms with Gasteiger partial charge in [-0.3, -0.25) is 0 Å². The van der Waals surface area contributed by atoms with Gasteiger partial charge < -0.3 is 4.74 Å². The minimum atomic E-state index is 0.357. The van der Waals surface area contributed by atoms with E-state index in [4.69, 9.17) is 4.74 Å². The van der Waals surface area contributed by atoms with Gasteiger partial charge in [0.1, 0.15) is 23.5 Å². The van der Waals surface area contributed by atoms with Crippen LogP contribution >= 0.6 is 0 Å². The maximum Gasteiger partial charge on any atom is 0.138 e. The molecule has 0 fully saturated rings. The predicted octanol–water partition coefficient (Wildman–Crippen LogP) is 7.79. The first-order valence-corrected chi connectivity index (χ1v) is 12.5. The summed E-state index contributed by atoms with van der Waals surface area (Å²) in [6.07, 6.45) is 8.12. The third kappa shape index (κ3) is 6.27. The van der Waals surface area contributed by atoms with Gasteiger partial charge in [-0.15, -0.1) is 0 Å². The van der Waals surface area contributed by atoms with Crippen molar-refractivity contribution in [3.63, 3.8) is 0 Å². The summed E-state index contributed by atoms with van der Waals surface area (Å²) in [6, 6.07) is 25.4. The Morgan fingerprint density at radius 3 is 2.15 bits per heavy atom. The van der Waals surface area contributed by atoms with Crippen molar-refractivity contribution in [1.82, 2.24) is 0 Å². The van der Waals surface area contributed by atoms with Crippen molar-refractivity contribution in [2.45, 2.75) is 65.2 Å². The van der Waals surface area contributed by atoms with Gasteiger partial charge in [-0.1, -0.05) is 87.7 Å². The Bertz CT molecular complexity index is 1150. The number of benzene rings is 3. The lowest BCUT2D eigenvalue weighted by molar-refractivity contribution is 0.308. The van der Waals surface area contributed by atoms with Gasteiger partial charge in [0.2, 0.25) is 0 Å². The molecule has 34 heavy (non-hydrogen) atoms. The second kappa shape index (κ2) is 13.2. The van der Waals surface area contributed by atoms with Gasteiger partial charge in [-0.05, 0) is 66.0 Å². The van der Waals surface area contributed by atoms with Gasteiger partial charge in [-0.25, -0.2) is 0 Å².